The van der Waals surface area contributed by atoms with Crippen LogP contribution in [0.1, 0.15) is 11.3 Å². The number of hydrogen-bond acceptors (Lipinski definition) is 3. The lowest BCUT2D eigenvalue weighted by atomic mass is 10.1. The van der Waals surface area contributed by atoms with Gasteiger partial charge in [-0.3, -0.25) is 4.79 Å². The van der Waals surface area contributed by atoms with Gasteiger partial charge in [0.1, 0.15) is 11.6 Å². The molecule has 1 heterocycles. The largest absolute Gasteiger partial charge is 0.302 e. The number of halogens is 3. The molecule has 1 aromatic heterocycles. The molecule has 0 spiro atoms. The van der Waals surface area contributed by atoms with Crippen molar-refractivity contribution < 1.29 is 13.6 Å². The lowest BCUT2D eigenvalue weighted by Gasteiger charge is -2.04. The van der Waals surface area contributed by atoms with Gasteiger partial charge >= 0.3 is 0 Å². The summed E-state index contributed by atoms with van der Waals surface area (Å²) in [6, 6.07) is 3.47. The second kappa shape index (κ2) is 6.08. The van der Waals surface area contributed by atoms with E-state index in [-0.39, 0.29) is 17.9 Å². The number of anilines is 1. The van der Waals surface area contributed by atoms with Crippen LogP contribution in [0.4, 0.5) is 13.9 Å². The van der Waals surface area contributed by atoms with E-state index in [1.807, 2.05) is 0 Å². The van der Waals surface area contributed by atoms with Gasteiger partial charge in [-0.1, -0.05) is 6.07 Å². The van der Waals surface area contributed by atoms with E-state index in [4.69, 9.17) is 11.6 Å². The van der Waals surface area contributed by atoms with Gasteiger partial charge in [0.25, 0.3) is 0 Å². The van der Waals surface area contributed by atoms with Crippen LogP contribution >= 0.6 is 22.9 Å². The van der Waals surface area contributed by atoms with Gasteiger partial charge in [-0.25, -0.2) is 13.8 Å². The van der Waals surface area contributed by atoms with Crippen molar-refractivity contribution in [3.63, 3.8) is 0 Å². The smallest absolute Gasteiger partial charge is 0.230 e. The first-order valence-electron chi connectivity index (χ1n) is 5.33. The molecule has 0 aliphatic heterocycles. The predicted octanol–water partition coefficient (Wildman–Crippen LogP) is 3.34. The summed E-state index contributed by atoms with van der Waals surface area (Å²) in [4.78, 5) is 15.7. The zero-order valence-electron chi connectivity index (χ0n) is 9.62. The Hall–Kier alpha value is -1.53. The van der Waals surface area contributed by atoms with E-state index in [1.165, 1.54) is 17.4 Å². The molecule has 2 rings (SSSR count). The van der Waals surface area contributed by atoms with Crippen LogP contribution < -0.4 is 5.32 Å². The number of rotatable bonds is 4. The van der Waals surface area contributed by atoms with Crippen LogP contribution in [0.5, 0.6) is 0 Å². The van der Waals surface area contributed by atoms with Gasteiger partial charge in [0.15, 0.2) is 5.13 Å². The Morgan fingerprint density at radius 3 is 2.63 bits per heavy atom. The topological polar surface area (TPSA) is 42.0 Å². The highest BCUT2D eigenvalue weighted by molar-refractivity contribution is 7.13. The summed E-state index contributed by atoms with van der Waals surface area (Å²) in [6.07, 6.45) is -0.381. The van der Waals surface area contributed by atoms with E-state index in [9.17, 15) is 13.6 Å². The number of aromatic nitrogens is 1. The minimum atomic E-state index is -0.740. The van der Waals surface area contributed by atoms with Crippen molar-refractivity contribution in [3.8, 4) is 0 Å². The average molecular weight is 303 g/mol. The highest BCUT2D eigenvalue weighted by Crippen LogP contribution is 2.18. The van der Waals surface area contributed by atoms with Gasteiger partial charge in [0.05, 0.1) is 18.0 Å². The first-order chi connectivity index (χ1) is 9.10. The molecule has 0 saturated heterocycles. The fraction of sp³-hybridized carbons (Fsp3) is 0.167. The fourth-order valence-corrected chi connectivity index (χ4v) is 2.41. The summed E-state index contributed by atoms with van der Waals surface area (Å²) in [7, 11) is 0. The number of nitrogens with one attached hydrogen (secondary N) is 1. The number of benzene rings is 1. The minimum Gasteiger partial charge on any atom is -0.302 e. The minimum absolute atomic E-state index is 0.244. The summed E-state index contributed by atoms with van der Waals surface area (Å²) in [5.74, 6) is -1.76. The summed E-state index contributed by atoms with van der Waals surface area (Å²) in [6.45, 7) is 0. The molecule has 0 saturated carbocycles. The molecule has 19 heavy (non-hydrogen) atoms. The van der Waals surface area contributed by atoms with E-state index in [1.54, 1.807) is 5.38 Å². The molecular formula is C12H9ClF2N2OS. The van der Waals surface area contributed by atoms with E-state index in [2.05, 4.69) is 10.3 Å². The molecule has 0 aliphatic carbocycles. The zero-order chi connectivity index (χ0) is 13.8. The van der Waals surface area contributed by atoms with Crippen LogP contribution in [-0.2, 0) is 17.1 Å². The molecule has 0 aliphatic rings. The molecule has 7 heteroatoms. The quantitative estimate of drug-likeness (QED) is 0.880. The van der Waals surface area contributed by atoms with Crippen LogP contribution in [0.15, 0.2) is 23.6 Å². The number of amides is 1. The number of hydrogen-bond donors (Lipinski definition) is 1. The third-order valence-electron chi connectivity index (χ3n) is 2.33. The molecule has 1 aromatic carbocycles. The third-order valence-corrected chi connectivity index (χ3v) is 3.41. The van der Waals surface area contributed by atoms with Gasteiger partial charge in [0.2, 0.25) is 5.91 Å². The Bertz CT molecular complexity index is 583. The normalized spacial score (nSPS) is 10.5. The van der Waals surface area contributed by atoms with E-state index in [0.29, 0.717) is 10.8 Å². The number of thiazole rings is 1. The van der Waals surface area contributed by atoms with Crippen molar-refractivity contribution in [2.45, 2.75) is 12.3 Å². The Balaban J connectivity index is 2.05. The van der Waals surface area contributed by atoms with Crippen molar-refractivity contribution >= 4 is 34.0 Å². The molecule has 3 nitrogen and oxygen atoms in total. The molecule has 0 fully saturated rings. The fourth-order valence-electron chi connectivity index (χ4n) is 1.45. The summed E-state index contributed by atoms with van der Waals surface area (Å²) in [5, 5.41) is 4.54. The van der Waals surface area contributed by atoms with Gasteiger partial charge in [0, 0.05) is 10.9 Å². The summed E-state index contributed by atoms with van der Waals surface area (Å²) in [5.41, 5.74) is 0.383. The maximum Gasteiger partial charge on any atom is 0.230 e. The molecule has 0 radical (unpaired) electrons. The van der Waals surface area contributed by atoms with Crippen molar-refractivity contribution in [1.82, 2.24) is 4.98 Å². The van der Waals surface area contributed by atoms with E-state index < -0.39 is 17.5 Å². The van der Waals surface area contributed by atoms with Crippen LogP contribution in [0, 0.1) is 11.6 Å². The van der Waals surface area contributed by atoms with Gasteiger partial charge in [-0.15, -0.1) is 22.9 Å². The van der Waals surface area contributed by atoms with E-state index >= 15 is 0 Å². The van der Waals surface area contributed by atoms with Crippen molar-refractivity contribution in [2.24, 2.45) is 0 Å². The van der Waals surface area contributed by atoms with Crippen molar-refractivity contribution in [1.29, 1.82) is 0 Å². The second-order valence-corrected chi connectivity index (χ2v) is 4.83. The van der Waals surface area contributed by atoms with Gasteiger partial charge in [-0.2, -0.15) is 0 Å². The SMILES string of the molecule is O=C(Cc1c(F)cccc1F)Nc1nc(CCl)cs1. The third kappa shape index (κ3) is 3.48. The molecule has 2 aromatic rings. The average Bonchev–Trinajstić information content (AvgIpc) is 2.81. The molecule has 1 amide bonds. The molecule has 0 atom stereocenters. The standard InChI is InChI=1S/C12H9ClF2N2OS/c13-5-7-6-19-12(16-7)17-11(18)4-8-9(14)2-1-3-10(8)15/h1-3,6H,4-5H2,(H,16,17,18). The molecule has 0 bridgehead atoms. The summed E-state index contributed by atoms with van der Waals surface area (Å²) < 4.78 is 26.7. The Kier molecular flexibility index (Phi) is 4.44. The number of alkyl halides is 1. The van der Waals surface area contributed by atoms with Gasteiger partial charge < -0.3 is 5.32 Å². The Morgan fingerprint density at radius 1 is 1.37 bits per heavy atom. The van der Waals surface area contributed by atoms with Crippen LogP contribution in [0.25, 0.3) is 0 Å². The molecule has 100 valence electrons. The first kappa shape index (κ1) is 13.9. The zero-order valence-corrected chi connectivity index (χ0v) is 11.2. The highest BCUT2D eigenvalue weighted by atomic mass is 35.5. The maximum atomic E-state index is 13.4. The second-order valence-electron chi connectivity index (χ2n) is 3.70. The Labute approximate surface area is 117 Å². The molecule has 1 N–H and O–H groups in total. The lowest BCUT2D eigenvalue weighted by Crippen LogP contribution is -2.16. The van der Waals surface area contributed by atoms with Crippen LogP contribution in [0.2, 0.25) is 0 Å². The predicted molar refractivity (Wildman–Crippen MR) is 70.4 cm³/mol. The first-order valence-corrected chi connectivity index (χ1v) is 6.74. The Morgan fingerprint density at radius 2 is 2.05 bits per heavy atom. The highest BCUT2D eigenvalue weighted by Gasteiger charge is 2.14. The van der Waals surface area contributed by atoms with Crippen molar-refractivity contribution in [3.05, 3.63) is 46.5 Å². The van der Waals surface area contributed by atoms with Gasteiger partial charge in [-0.05, 0) is 12.1 Å². The number of carbonyl (C=O) groups is 1. The van der Waals surface area contributed by atoms with E-state index in [0.717, 1.165) is 12.1 Å². The molecular weight excluding hydrogens is 294 g/mol. The van der Waals surface area contributed by atoms with Crippen LogP contribution in [-0.4, -0.2) is 10.9 Å². The number of nitrogens with zero attached hydrogens (tertiary/aromatic N) is 1. The molecule has 0 unspecified atom stereocenters. The van der Waals surface area contributed by atoms with Crippen LogP contribution in [0.3, 0.4) is 0 Å². The van der Waals surface area contributed by atoms with Crippen molar-refractivity contribution in [2.75, 3.05) is 5.32 Å². The maximum absolute atomic E-state index is 13.4. The summed E-state index contributed by atoms with van der Waals surface area (Å²) >= 11 is 6.79. The monoisotopic (exact) mass is 302 g/mol. The lowest BCUT2D eigenvalue weighted by molar-refractivity contribution is -0.115. The number of carbonyl (C=O) groups excluding carboxylic acids is 1.